The van der Waals surface area contributed by atoms with E-state index in [0.29, 0.717) is 0 Å². The lowest BCUT2D eigenvalue weighted by Gasteiger charge is -2.45. The molecule has 0 bridgehead atoms. The molecular formula is C42H33N. The summed E-state index contributed by atoms with van der Waals surface area (Å²) in [7, 11) is 0. The first-order valence-electron chi connectivity index (χ1n) is 15.6. The van der Waals surface area contributed by atoms with Crippen LogP contribution in [0.2, 0.25) is 0 Å². The van der Waals surface area contributed by atoms with E-state index < -0.39 is 0 Å². The Kier molecular flexibility index (Phi) is 5.35. The number of anilines is 3. The summed E-state index contributed by atoms with van der Waals surface area (Å²) in [6, 6.07) is 56.4. The summed E-state index contributed by atoms with van der Waals surface area (Å²) in [5.41, 5.74) is 15.5. The van der Waals surface area contributed by atoms with Crippen LogP contribution in [0.1, 0.15) is 47.9 Å². The van der Waals surface area contributed by atoms with E-state index in [9.17, 15) is 0 Å². The van der Waals surface area contributed by atoms with Gasteiger partial charge in [0, 0.05) is 27.9 Å². The summed E-state index contributed by atoms with van der Waals surface area (Å²) in [4.78, 5) is 2.41. The Labute approximate surface area is 254 Å². The van der Waals surface area contributed by atoms with E-state index >= 15 is 0 Å². The van der Waals surface area contributed by atoms with E-state index in [1.807, 2.05) is 0 Å². The molecule has 1 nitrogen and oxygen atoms in total. The van der Waals surface area contributed by atoms with Gasteiger partial charge in [0.1, 0.15) is 0 Å². The SMILES string of the molecule is c1ccc(N(c2ccccc2)c2ccc3c(c2)C2(CCC4(CC2)c2ccccc2-c2ccccc24)c2ccccc2-3)cc1. The van der Waals surface area contributed by atoms with Gasteiger partial charge in [-0.3, -0.25) is 0 Å². The van der Waals surface area contributed by atoms with Crippen LogP contribution in [0.15, 0.2) is 152 Å². The lowest BCUT2D eigenvalue weighted by Crippen LogP contribution is -2.39. The summed E-state index contributed by atoms with van der Waals surface area (Å²) in [5.74, 6) is 0. The number of rotatable bonds is 3. The van der Waals surface area contributed by atoms with Crippen molar-refractivity contribution in [1.29, 1.82) is 0 Å². The van der Waals surface area contributed by atoms with E-state index in [-0.39, 0.29) is 10.8 Å². The monoisotopic (exact) mass is 551 g/mol. The number of benzene rings is 6. The highest BCUT2D eigenvalue weighted by molar-refractivity contribution is 5.87. The van der Waals surface area contributed by atoms with Crippen LogP contribution in [0.3, 0.4) is 0 Å². The van der Waals surface area contributed by atoms with E-state index in [0.717, 1.165) is 25.7 Å². The van der Waals surface area contributed by atoms with E-state index in [1.54, 1.807) is 0 Å². The molecule has 0 radical (unpaired) electrons. The largest absolute Gasteiger partial charge is 0.310 e. The molecule has 0 heterocycles. The van der Waals surface area contributed by atoms with Gasteiger partial charge < -0.3 is 4.90 Å². The maximum atomic E-state index is 2.52. The first-order chi connectivity index (χ1) is 21.3. The number of hydrogen-bond donors (Lipinski definition) is 0. The zero-order valence-electron chi connectivity index (χ0n) is 24.2. The second-order valence-electron chi connectivity index (χ2n) is 12.5. The zero-order valence-corrected chi connectivity index (χ0v) is 24.2. The fraction of sp³-hybridized carbons (Fsp3) is 0.143. The maximum absolute atomic E-state index is 2.52. The second kappa shape index (κ2) is 9.31. The predicted molar refractivity (Wildman–Crippen MR) is 178 cm³/mol. The van der Waals surface area contributed by atoms with Crippen molar-refractivity contribution in [3.63, 3.8) is 0 Å². The van der Waals surface area contributed by atoms with Gasteiger partial charge in [-0.1, -0.05) is 115 Å². The van der Waals surface area contributed by atoms with Gasteiger partial charge in [0.15, 0.2) is 0 Å². The summed E-state index contributed by atoms with van der Waals surface area (Å²) in [6.07, 6.45) is 4.58. The third kappa shape index (κ3) is 3.45. The van der Waals surface area contributed by atoms with Gasteiger partial charge in [-0.25, -0.2) is 0 Å². The smallest absolute Gasteiger partial charge is 0.0465 e. The van der Waals surface area contributed by atoms with Crippen LogP contribution in [0.4, 0.5) is 17.1 Å². The molecule has 0 amide bonds. The van der Waals surface area contributed by atoms with Crippen LogP contribution >= 0.6 is 0 Å². The normalized spacial score (nSPS) is 16.4. The molecule has 6 aromatic carbocycles. The van der Waals surface area contributed by atoms with Gasteiger partial charge in [0.05, 0.1) is 0 Å². The molecule has 206 valence electrons. The molecule has 1 saturated carbocycles. The van der Waals surface area contributed by atoms with Crippen LogP contribution in [-0.4, -0.2) is 0 Å². The molecule has 0 atom stereocenters. The van der Waals surface area contributed by atoms with Gasteiger partial charge in [-0.05, 0) is 107 Å². The van der Waals surface area contributed by atoms with E-state index in [2.05, 4.69) is 157 Å². The van der Waals surface area contributed by atoms with Crippen molar-refractivity contribution in [2.24, 2.45) is 0 Å². The van der Waals surface area contributed by atoms with Gasteiger partial charge in [-0.2, -0.15) is 0 Å². The molecule has 0 saturated heterocycles. The Morgan fingerprint density at radius 1 is 0.326 bits per heavy atom. The van der Waals surface area contributed by atoms with Crippen molar-refractivity contribution in [2.75, 3.05) is 4.90 Å². The Morgan fingerprint density at radius 3 is 1.16 bits per heavy atom. The van der Waals surface area contributed by atoms with Crippen LogP contribution in [0.5, 0.6) is 0 Å². The molecule has 9 rings (SSSR count). The van der Waals surface area contributed by atoms with Crippen molar-refractivity contribution < 1.29 is 0 Å². The Morgan fingerprint density at radius 2 is 0.698 bits per heavy atom. The zero-order chi connectivity index (χ0) is 28.4. The van der Waals surface area contributed by atoms with Gasteiger partial charge >= 0.3 is 0 Å². The second-order valence-corrected chi connectivity index (χ2v) is 12.5. The molecule has 3 aliphatic carbocycles. The van der Waals surface area contributed by atoms with Crippen molar-refractivity contribution >= 4 is 17.1 Å². The quantitative estimate of drug-likeness (QED) is 0.211. The molecule has 6 aromatic rings. The molecule has 0 unspecified atom stereocenters. The van der Waals surface area contributed by atoms with Crippen LogP contribution in [-0.2, 0) is 10.8 Å². The molecule has 2 spiro atoms. The maximum Gasteiger partial charge on any atom is 0.0465 e. The minimum Gasteiger partial charge on any atom is -0.310 e. The van der Waals surface area contributed by atoms with Crippen LogP contribution < -0.4 is 4.90 Å². The molecule has 0 aliphatic heterocycles. The minimum absolute atomic E-state index is 0.0126. The van der Waals surface area contributed by atoms with E-state index in [1.165, 1.54) is 61.6 Å². The predicted octanol–water partition coefficient (Wildman–Crippen LogP) is 11.0. The van der Waals surface area contributed by atoms with Gasteiger partial charge in [0.25, 0.3) is 0 Å². The molecule has 1 fully saturated rings. The first kappa shape index (κ1) is 24.7. The first-order valence-corrected chi connectivity index (χ1v) is 15.6. The average molecular weight is 552 g/mol. The summed E-state index contributed by atoms with van der Waals surface area (Å²) < 4.78 is 0. The van der Waals surface area contributed by atoms with Crippen molar-refractivity contribution in [2.45, 2.75) is 36.5 Å². The lowest BCUT2D eigenvalue weighted by molar-refractivity contribution is 0.265. The number of para-hydroxylation sites is 2. The number of nitrogens with zero attached hydrogens (tertiary/aromatic N) is 1. The highest BCUT2D eigenvalue weighted by atomic mass is 15.1. The summed E-state index contributed by atoms with van der Waals surface area (Å²) in [6.45, 7) is 0. The number of hydrogen-bond acceptors (Lipinski definition) is 1. The number of fused-ring (bicyclic) bond motifs is 10. The average Bonchev–Trinajstić information content (AvgIpc) is 3.51. The van der Waals surface area contributed by atoms with E-state index in [4.69, 9.17) is 0 Å². The van der Waals surface area contributed by atoms with Crippen molar-refractivity contribution in [1.82, 2.24) is 0 Å². The standard InChI is InChI=1S/C42H33N/c1-3-13-30(14-4-1)43(31-15-5-2-6-16-31)32-23-24-36-35-19-9-12-22-39(35)42(40(36)29-32)27-25-41(26-28-42)37-20-10-7-17-33(37)34-18-8-11-21-38(34)41/h1-24,29H,25-28H2. The summed E-state index contributed by atoms with van der Waals surface area (Å²) in [5, 5.41) is 0. The Hall–Kier alpha value is -4.88. The fourth-order valence-corrected chi connectivity index (χ4v) is 8.78. The third-order valence-corrected chi connectivity index (χ3v) is 10.7. The van der Waals surface area contributed by atoms with Gasteiger partial charge in [-0.15, -0.1) is 0 Å². The third-order valence-electron chi connectivity index (χ3n) is 10.7. The minimum atomic E-state index is 0.0126. The summed E-state index contributed by atoms with van der Waals surface area (Å²) >= 11 is 0. The van der Waals surface area contributed by atoms with Crippen molar-refractivity contribution in [3.05, 3.63) is 174 Å². The molecule has 3 aliphatic rings. The fourth-order valence-electron chi connectivity index (χ4n) is 8.78. The molecule has 1 heteroatoms. The Bertz CT molecular complexity index is 1890. The molecule has 0 aromatic heterocycles. The lowest BCUT2D eigenvalue weighted by atomic mass is 9.57. The highest BCUT2D eigenvalue weighted by Gasteiger charge is 2.53. The van der Waals surface area contributed by atoms with Gasteiger partial charge in [0.2, 0.25) is 0 Å². The molecular weight excluding hydrogens is 518 g/mol. The van der Waals surface area contributed by atoms with Crippen LogP contribution in [0.25, 0.3) is 22.3 Å². The Balaban J connectivity index is 1.19. The molecule has 0 N–H and O–H groups in total. The van der Waals surface area contributed by atoms with Crippen molar-refractivity contribution in [3.8, 4) is 22.3 Å². The van der Waals surface area contributed by atoms with Crippen LogP contribution in [0, 0.1) is 0 Å². The molecule has 43 heavy (non-hydrogen) atoms. The highest BCUT2D eigenvalue weighted by Crippen LogP contribution is 2.63. The topological polar surface area (TPSA) is 3.24 Å².